The van der Waals surface area contributed by atoms with Crippen LogP contribution in [0.1, 0.15) is 18.4 Å². The van der Waals surface area contributed by atoms with E-state index in [1.807, 2.05) is 0 Å². The van der Waals surface area contributed by atoms with Gasteiger partial charge in [0.15, 0.2) is 0 Å². The van der Waals surface area contributed by atoms with Gasteiger partial charge in [0.25, 0.3) is 0 Å². The van der Waals surface area contributed by atoms with E-state index in [0.717, 1.165) is 12.1 Å². The summed E-state index contributed by atoms with van der Waals surface area (Å²) in [6.07, 6.45) is -3.82. The lowest BCUT2D eigenvalue weighted by Gasteiger charge is -2.31. The van der Waals surface area contributed by atoms with Crippen LogP contribution in [0.3, 0.4) is 0 Å². The normalized spacial score (nSPS) is 17.7. The van der Waals surface area contributed by atoms with E-state index in [2.05, 4.69) is 10.1 Å². The number of carbonyl (C=O) groups is 1. The lowest BCUT2D eigenvalue weighted by Crippen LogP contribution is -2.44. The summed E-state index contributed by atoms with van der Waals surface area (Å²) in [5, 5.41) is 3.18. The maximum Gasteiger partial charge on any atom is 0.573 e. The molecule has 3 rings (SSSR count). The molecule has 0 spiro atoms. The molecule has 1 atom stereocenters. The predicted molar refractivity (Wildman–Crippen MR) is 115 cm³/mol. The van der Waals surface area contributed by atoms with E-state index in [9.17, 15) is 26.4 Å². The topological polar surface area (TPSA) is 75.7 Å². The van der Waals surface area contributed by atoms with Gasteiger partial charge >= 0.3 is 6.36 Å². The SMILES string of the molecule is O=C(Nc1ccc(OC(F)(F)F)cc1)[C@@H]1CCCN(S(=O)(=O)Cc2ccc(Cl)c(Cl)c2)C1. The van der Waals surface area contributed by atoms with Gasteiger partial charge in [0.05, 0.1) is 21.7 Å². The summed E-state index contributed by atoms with van der Waals surface area (Å²) in [6, 6.07) is 9.30. The van der Waals surface area contributed by atoms with E-state index in [-0.39, 0.29) is 29.6 Å². The van der Waals surface area contributed by atoms with Crippen molar-refractivity contribution in [1.82, 2.24) is 4.31 Å². The molecule has 6 nitrogen and oxygen atoms in total. The van der Waals surface area contributed by atoms with Crippen molar-refractivity contribution in [2.45, 2.75) is 25.0 Å². The van der Waals surface area contributed by atoms with Crippen molar-refractivity contribution in [2.24, 2.45) is 5.92 Å². The van der Waals surface area contributed by atoms with Crippen LogP contribution in [0.2, 0.25) is 10.0 Å². The number of sulfonamides is 1. The molecule has 12 heteroatoms. The zero-order valence-electron chi connectivity index (χ0n) is 16.5. The number of nitrogens with one attached hydrogen (secondary N) is 1. The van der Waals surface area contributed by atoms with Crippen molar-refractivity contribution in [3.8, 4) is 5.75 Å². The number of benzene rings is 2. The number of rotatable bonds is 6. The first kappa shape index (κ1) is 24.6. The molecule has 1 aliphatic rings. The van der Waals surface area contributed by atoms with Crippen LogP contribution >= 0.6 is 23.2 Å². The molecular weight excluding hydrogens is 492 g/mol. The van der Waals surface area contributed by atoms with Crippen LogP contribution in [0.4, 0.5) is 18.9 Å². The Morgan fingerprint density at radius 2 is 1.81 bits per heavy atom. The van der Waals surface area contributed by atoms with Gasteiger partial charge in [0.2, 0.25) is 15.9 Å². The summed E-state index contributed by atoms with van der Waals surface area (Å²) in [4.78, 5) is 12.6. The van der Waals surface area contributed by atoms with Crippen LogP contribution in [0, 0.1) is 5.92 Å². The first-order valence-corrected chi connectivity index (χ1v) is 11.9. The maximum absolute atomic E-state index is 12.8. The molecule has 1 heterocycles. The maximum atomic E-state index is 12.8. The lowest BCUT2D eigenvalue weighted by molar-refractivity contribution is -0.274. The van der Waals surface area contributed by atoms with Gasteiger partial charge in [-0.1, -0.05) is 29.3 Å². The third-order valence-electron chi connectivity index (χ3n) is 4.84. The molecule has 2 aromatic rings. The Balaban J connectivity index is 1.62. The Morgan fingerprint density at radius 1 is 1.12 bits per heavy atom. The van der Waals surface area contributed by atoms with E-state index in [4.69, 9.17) is 23.2 Å². The fraction of sp³-hybridized carbons (Fsp3) is 0.350. The number of carbonyl (C=O) groups excluding carboxylic acids is 1. The largest absolute Gasteiger partial charge is 0.573 e. The molecule has 0 saturated carbocycles. The second kappa shape index (κ2) is 9.86. The van der Waals surface area contributed by atoms with Gasteiger partial charge in [-0.15, -0.1) is 13.2 Å². The Morgan fingerprint density at radius 3 is 2.44 bits per heavy atom. The minimum absolute atomic E-state index is 0.00472. The van der Waals surface area contributed by atoms with Crippen molar-refractivity contribution < 1.29 is 31.1 Å². The van der Waals surface area contributed by atoms with E-state index < -0.39 is 34.0 Å². The van der Waals surface area contributed by atoms with Crippen LogP contribution in [-0.4, -0.2) is 38.1 Å². The summed E-state index contributed by atoms with van der Waals surface area (Å²) >= 11 is 11.8. The smallest absolute Gasteiger partial charge is 0.406 e. The van der Waals surface area contributed by atoms with Crippen LogP contribution in [0.25, 0.3) is 0 Å². The molecule has 32 heavy (non-hydrogen) atoms. The second-order valence-electron chi connectivity index (χ2n) is 7.26. The molecule has 1 amide bonds. The van der Waals surface area contributed by atoms with Crippen molar-refractivity contribution in [2.75, 3.05) is 18.4 Å². The molecule has 1 saturated heterocycles. The number of halogens is 5. The summed E-state index contributed by atoms with van der Waals surface area (Å²) in [5.41, 5.74) is 0.757. The van der Waals surface area contributed by atoms with E-state index >= 15 is 0 Å². The molecule has 174 valence electrons. The van der Waals surface area contributed by atoms with Crippen molar-refractivity contribution in [3.05, 3.63) is 58.1 Å². The third-order valence-corrected chi connectivity index (χ3v) is 7.39. The summed E-state index contributed by atoms with van der Waals surface area (Å²) in [7, 11) is -3.70. The Kier molecular flexibility index (Phi) is 7.59. The zero-order chi connectivity index (χ0) is 23.5. The Hall–Kier alpha value is -2.01. The van der Waals surface area contributed by atoms with Crippen molar-refractivity contribution in [1.29, 1.82) is 0 Å². The standard InChI is InChI=1S/C20H19Cl2F3N2O4S/c21-17-8-3-13(10-18(17)22)12-32(29,30)27-9-1-2-14(11-27)19(28)26-15-4-6-16(7-5-15)31-20(23,24)25/h3-8,10,14H,1-2,9,11-12H2,(H,26,28)/t14-/m1/s1. The van der Waals surface area contributed by atoms with E-state index in [1.54, 1.807) is 6.07 Å². The first-order valence-electron chi connectivity index (χ1n) is 9.51. The molecule has 0 aliphatic carbocycles. The molecule has 0 unspecified atom stereocenters. The number of alkyl halides is 3. The molecule has 0 bridgehead atoms. The second-order valence-corrected chi connectivity index (χ2v) is 10.0. The highest BCUT2D eigenvalue weighted by Crippen LogP contribution is 2.27. The average Bonchev–Trinajstić information content (AvgIpc) is 2.71. The van der Waals surface area contributed by atoms with Gasteiger partial charge in [-0.05, 0) is 54.8 Å². The highest BCUT2D eigenvalue weighted by Gasteiger charge is 2.33. The fourth-order valence-electron chi connectivity index (χ4n) is 3.32. The van der Waals surface area contributed by atoms with Crippen LogP contribution in [0.15, 0.2) is 42.5 Å². The fourth-order valence-corrected chi connectivity index (χ4v) is 5.24. The monoisotopic (exact) mass is 510 g/mol. The zero-order valence-corrected chi connectivity index (χ0v) is 18.9. The Labute approximate surface area is 193 Å². The third kappa shape index (κ3) is 6.74. The molecule has 0 aromatic heterocycles. The first-order chi connectivity index (χ1) is 14.9. The molecule has 2 aromatic carbocycles. The highest BCUT2D eigenvalue weighted by atomic mass is 35.5. The van der Waals surface area contributed by atoms with Gasteiger partial charge in [-0.25, -0.2) is 12.7 Å². The number of amides is 1. The highest BCUT2D eigenvalue weighted by molar-refractivity contribution is 7.88. The Bertz CT molecular complexity index is 1080. The average molecular weight is 511 g/mol. The summed E-state index contributed by atoms with van der Waals surface area (Å²) in [6.45, 7) is 0.293. The number of anilines is 1. The number of nitrogens with zero attached hydrogens (tertiary/aromatic N) is 1. The molecule has 1 fully saturated rings. The lowest BCUT2D eigenvalue weighted by atomic mass is 9.99. The van der Waals surface area contributed by atoms with Crippen molar-refractivity contribution in [3.63, 3.8) is 0 Å². The van der Waals surface area contributed by atoms with E-state index in [1.165, 1.54) is 28.6 Å². The predicted octanol–water partition coefficient (Wildman–Crippen LogP) is 5.07. The molecule has 1 aliphatic heterocycles. The van der Waals surface area contributed by atoms with Crippen LogP contribution in [0.5, 0.6) is 5.75 Å². The van der Waals surface area contributed by atoms with Gasteiger partial charge in [-0.2, -0.15) is 0 Å². The summed E-state index contributed by atoms with van der Waals surface area (Å²) < 4.78 is 67.5. The van der Waals surface area contributed by atoms with Gasteiger partial charge in [-0.3, -0.25) is 4.79 Å². The van der Waals surface area contributed by atoms with E-state index in [0.29, 0.717) is 23.4 Å². The number of hydrogen-bond donors (Lipinski definition) is 1. The summed E-state index contributed by atoms with van der Waals surface area (Å²) in [5.74, 6) is -1.70. The molecular formula is C20H19Cl2F3N2O4S. The number of ether oxygens (including phenoxy) is 1. The quantitative estimate of drug-likeness (QED) is 0.588. The van der Waals surface area contributed by atoms with Gasteiger partial charge in [0.1, 0.15) is 5.75 Å². The van der Waals surface area contributed by atoms with Gasteiger partial charge < -0.3 is 10.1 Å². The van der Waals surface area contributed by atoms with Crippen LogP contribution in [-0.2, 0) is 20.6 Å². The minimum Gasteiger partial charge on any atom is -0.406 e. The van der Waals surface area contributed by atoms with Crippen LogP contribution < -0.4 is 10.1 Å². The van der Waals surface area contributed by atoms with Gasteiger partial charge in [0, 0.05) is 18.8 Å². The van der Waals surface area contributed by atoms with Crippen molar-refractivity contribution >= 4 is 44.8 Å². The number of piperidine rings is 1. The molecule has 1 N–H and O–H groups in total. The number of hydrogen-bond acceptors (Lipinski definition) is 4. The molecule has 0 radical (unpaired) electrons. The minimum atomic E-state index is -4.81.